The van der Waals surface area contributed by atoms with Gasteiger partial charge < -0.3 is 9.84 Å². The summed E-state index contributed by atoms with van der Waals surface area (Å²) in [5.74, 6) is -3.76. The summed E-state index contributed by atoms with van der Waals surface area (Å²) in [6, 6.07) is 4.16. The Morgan fingerprint density at radius 1 is 1.10 bits per heavy atom. The van der Waals surface area contributed by atoms with Gasteiger partial charge in [-0.1, -0.05) is 24.3 Å². The third kappa shape index (κ3) is 3.63. The van der Waals surface area contributed by atoms with E-state index in [1.165, 1.54) is 19.2 Å². The van der Waals surface area contributed by atoms with Crippen molar-refractivity contribution in [1.29, 1.82) is 0 Å². The third-order valence-corrected chi connectivity index (χ3v) is 5.33. The molecule has 9 nitrogen and oxygen atoms in total. The highest BCUT2D eigenvalue weighted by molar-refractivity contribution is 6.23. The number of nitrogens with zero attached hydrogens (tertiary/aromatic N) is 2. The van der Waals surface area contributed by atoms with Crippen molar-refractivity contribution in [3.8, 4) is 0 Å². The fourth-order valence-electron chi connectivity index (χ4n) is 3.95. The van der Waals surface area contributed by atoms with E-state index in [-0.39, 0.29) is 29.7 Å². The molecule has 1 saturated heterocycles. The minimum absolute atomic E-state index is 0.0168. The number of imide groups is 1. The molecule has 2 heterocycles. The van der Waals surface area contributed by atoms with Crippen LogP contribution >= 0.6 is 0 Å². The number of carboxylic acids is 1. The molecule has 2 aliphatic heterocycles. The Morgan fingerprint density at radius 2 is 1.65 bits per heavy atom. The molecule has 0 unspecified atom stereocenters. The fourth-order valence-corrected chi connectivity index (χ4v) is 3.95. The molecule has 2 atom stereocenters. The smallest absolute Gasteiger partial charge is 0.352 e. The third-order valence-electron chi connectivity index (χ3n) is 5.33. The number of carboxylic acid groups (broad SMARTS) is 1. The maximum absolute atomic E-state index is 13.1. The highest BCUT2D eigenvalue weighted by Crippen LogP contribution is 2.38. The van der Waals surface area contributed by atoms with Crippen LogP contribution in [0.15, 0.2) is 47.7 Å². The number of carbonyl (C=O) groups is 5. The highest BCUT2D eigenvalue weighted by Gasteiger charge is 2.58. The van der Waals surface area contributed by atoms with E-state index in [2.05, 4.69) is 11.3 Å². The van der Waals surface area contributed by atoms with Gasteiger partial charge in [-0.2, -0.15) is 0 Å². The first-order valence-electron chi connectivity index (χ1n) is 9.54. The Kier molecular flexibility index (Phi) is 5.79. The maximum atomic E-state index is 13.1. The van der Waals surface area contributed by atoms with Gasteiger partial charge in [0.25, 0.3) is 17.7 Å². The number of hydrogen-bond donors (Lipinski definition) is 1. The number of benzene rings is 1. The first-order chi connectivity index (χ1) is 14.6. The van der Waals surface area contributed by atoms with Crippen LogP contribution in [0, 0.1) is 0 Å². The molecule has 3 amide bonds. The van der Waals surface area contributed by atoms with Crippen LogP contribution in [0.5, 0.6) is 0 Å². The number of ether oxygens (including phenoxy) is 1. The molecule has 0 spiro atoms. The molecule has 162 valence electrons. The predicted octanol–water partition coefficient (Wildman–Crippen LogP) is 1.75. The summed E-state index contributed by atoms with van der Waals surface area (Å²) < 4.78 is 4.63. The highest BCUT2D eigenvalue weighted by atomic mass is 16.5. The summed E-state index contributed by atoms with van der Waals surface area (Å²) in [6.45, 7) is 6.92. The van der Waals surface area contributed by atoms with E-state index in [1.807, 2.05) is 0 Å². The quantitative estimate of drug-likeness (QED) is 0.232. The first-order valence-corrected chi connectivity index (χ1v) is 9.54. The molecule has 3 rings (SSSR count). The number of allylic oxidation sites excluding steroid dienone is 1. The van der Waals surface area contributed by atoms with Crippen molar-refractivity contribution in [2.24, 2.45) is 0 Å². The van der Waals surface area contributed by atoms with E-state index in [0.29, 0.717) is 11.1 Å². The lowest BCUT2D eigenvalue weighted by atomic mass is 9.86. The van der Waals surface area contributed by atoms with Gasteiger partial charge in [0.15, 0.2) is 0 Å². The Labute approximate surface area is 178 Å². The SMILES string of the molecule is C=C(CC(=O)OC)C[C@@H]1[C@@H](N2C(=O)c3ccccc3C2=O)C(=O)N1C(C(=O)O)=C(C)C. The van der Waals surface area contributed by atoms with Gasteiger partial charge in [0.2, 0.25) is 0 Å². The topological polar surface area (TPSA) is 121 Å². The van der Waals surface area contributed by atoms with Crippen molar-refractivity contribution in [1.82, 2.24) is 9.80 Å². The molecule has 1 aromatic rings. The van der Waals surface area contributed by atoms with Crippen LogP contribution in [-0.2, 0) is 19.1 Å². The van der Waals surface area contributed by atoms with E-state index in [4.69, 9.17) is 0 Å². The number of β-lactam (4-membered cyclic amide) rings is 1. The number of fused-ring (bicyclic) bond motifs is 1. The van der Waals surface area contributed by atoms with Crippen LogP contribution in [0.3, 0.4) is 0 Å². The lowest BCUT2D eigenvalue weighted by Crippen LogP contribution is -2.71. The summed E-state index contributed by atoms with van der Waals surface area (Å²) in [5, 5.41) is 9.63. The Hall–Kier alpha value is -3.75. The van der Waals surface area contributed by atoms with Gasteiger partial charge in [0, 0.05) is 0 Å². The molecule has 0 radical (unpaired) electrons. The zero-order valence-corrected chi connectivity index (χ0v) is 17.4. The fraction of sp³-hybridized carbons (Fsp3) is 0.318. The zero-order chi connectivity index (χ0) is 23.0. The number of esters is 1. The van der Waals surface area contributed by atoms with E-state index in [1.54, 1.807) is 26.0 Å². The summed E-state index contributed by atoms with van der Waals surface area (Å²) in [5.41, 5.74) is 0.909. The van der Waals surface area contributed by atoms with Gasteiger partial charge in [-0.05, 0) is 38.0 Å². The molecule has 0 bridgehead atoms. The number of methoxy groups -OCH3 is 1. The van der Waals surface area contributed by atoms with Crippen LogP contribution in [0.1, 0.15) is 47.4 Å². The number of aliphatic carboxylic acids is 1. The largest absolute Gasteiger partial charge is 0.477 e. The number of rotatable bonds is 7. The molecule has 1 aromatic carbocycles. The molecule has 1 fully saturated rings. The van der Waals surface area contributed by atoms with E-state index >= 15 is 0 Å². The Morgan fingerprint density at radius 3 is 2.10 bits per heavy atom. The molecule has 0 saturated carbocycles. The van der Waals surface area contributed by atoms with Crippen LogP contribution in [0.4, 0.5) is 0 Å². The zero-order valence-electron chi connectivity index (χ0n) is 17.4. The Bertz CT molecular complexity index is 1020. The lowest BCUT2D eigenvalue weighted by Gasteiger charge is -2.50. The first kappa shape index (κ1) is 21.9. The van der Waals surface area contributed by atoms with Crippen molar-refractivity contribution in [2.45, 2.75) is 38.8 Å². The lowest BCUT2D eigenvalue weighted by molar-refractivity contribution is -0.156. The summed E-state index contributed by atoms with van der Waals surface area (Å²) in [6.07, 6.45) is -0.121. The van der Waals surface area contributed by atoms with Crippen molar-refractivity contribution >= 4 is 29.7 Å². The van der Waals surface area contributed by atoms with Gasteiger partial charge in [-0.3, -0.25) is 29.0 Å². The second kappa shape index (κ2) is 8.17. The number of carbonyl (C=O) groups excluding carboxylic acids is 4. The van der Waals surface area contributed by atoms with Crippen LogP contribution in [0.2, 0.25) is 0 Å². The van der Waals surface area contributed by atoms with Crippen LogP contribution in [-0.4, -0.2) is 63.8 Å². The normalized spacial score (nSPS) is 19.6. The average Bonchev–Trinajstić information content (AvgIpc) is 2.96. The van der Waals surface area contributed by atoms with Gasteiger partial charge in [0.05, 0.1) is 30.7 Å². The minimum Gasteiger partial charge on any atom is -0.477 e. The van der Waals surface area contributed by atoms with Gasteiger partial charge in [-0.15, -0.1) is 0 Å². The molecule has 0 aliphatic carbocycles. The minimum atomic E-state index is -1.31. The van der Waals surface area contributed by atoms with Crippen LogP contribution < -0.4 is 0 Å². The van der Waals surface area contributed by atoms with Gasteiger partial charge in [0.1, 0.15) is 11.7 Å². The average molecular weight is 426 g/mol. The van der Waals surface area contributed by atoms with Crippen molar-refractivity contribution < 1.29 is 33.8 Å². The number of amides is 3. The Balaban J connectivity index is 1.98. The predicted molar refractivity (Wildman–Crippen MR) is 108 cm³/mol. The summed E-state index contributed by atoms with van der Waals surface area (Å²) >= 11 is 0. The van der Waals surface area contributed by atoms with Crippen LogP contribution in [0.25, 0.3) is 0 Å². The van der Waals surface area contributed by atoms with Crippen molar-refractivity contribution in [3.05, 3.63) is 58.8 Å². The number of hydrogen-bond acceptors (Lipinski definition) is 6. The van der Waals surface area contributed by atoms with Gasteiger partial charge >= 0.3 is 11.9 Å². The van der Waals surface area contributed by atoms with E-state index in [9.17, 15) is 29.1 Å². The monoisotopic (exact) mass is 426 g/mol. The summed E-state index contributed by atoms with van der Waals surface area (Å²) in [4.78, 5) is 64.2. The second-order valence-electron chi connectivity index (χ2n) is 7.61. The molecule has 31 heavy (non-hydrogen) atoms. The van der Waals surface area contributed by atoms with E-state index < -0.39 is 41.7 Å². The molecular weight excluding hydrogens is 404 g/mol. The maximum Gasteiger partial charge on any atom is 0.352 e. The number of likely N-dealkylation sites (tertiary alicyclic amines) is 1. The molecule has 9 heteroatoms. The standard InChI is InChI=1S/C22H22N2O7/c1-11(2)17(22(29)30)23-15(9-12(3)10-16(25)31-4)18(21(23)28)24-19(26)13-7-5-6-8-14(13)20(24)27/h5-8,15,18H,3,9-10H2,1-2,4H3,(H,29,30)/t15-,18-/m1/s1. The second-order valence-corrected chi connectivity index (χ2v) is 7.61. The van der Waals surface area contributed by atoms with Crippen molar-refractivity contribution in [3.63, 3.8) is 0 Å². The summed E-state index contributed by atoms with van der Waals surface area (Å²) in [7, 11) is 1.22. The van der Waals surface area contributed by atoms with E-state index in [0.717, 1.165) is 9.80 Å². The molecule has 1 N–H and O–H groups in total. The molecule has 2 aliphatic rings. The molecular formula is C22H22N2O7. The molecule has 0 aromatic heterocycles. The van der Waals surface area contributed by atoms with Crippen molar-refractivity contribution in [2.75, 3.05) is 7.11 Å². The van der Waals surface area contributed by atoms with Gasteiger partial charge in [-0.25, -0.2) is 4.79 Å².